The van der Waals surface area contributed by atoms with Gasteiger partial charge in [-0.1, -0.05) is 17.7 Å². The molecule has 0 spiro atoms. The highest BCUT2D eigenvalue weighted by Crippen LogP contribution is 2.30. The quantitative estimate of drug-likeness (QED) is 0.659. The van der Waals surface area contributed by atoms with Gasteiger partial charge in [0.1, 0.15) is 0 Å². The van der Waals surface area contributed by atoms with Gasteiger partial charge in [-0.25, -0.2) is 0 Å². The number of piperidine rings is 1. The number of nitrogens with one attached hydrogen (secondary N) is 1. The third kappa shape index (κ3) is 5.32. The molecule has 0 radical (unpaired) electrons. The molecule has 1 fully saturated rings. The summed E-state index contributed by atoms with van der Waals surface area (Å²) in [7, 11) is 0. The number of likely N-dealkylation sites (tertiary alicyclic amines) is 1. The predicted molar refractivity (Wildman–Crippen MR) is 105 cm³/mol. The van der Waals surface area contributed by atoms with Gasteiger partial charge in [-0.15, -0.1) is 0 Å². The van der Waals surface area contributed by atoms with E-state index in [1.54, 1.807) is 6.92 Å². The first kappa shape index (κ1) is 21.9. The van der Waals surface area contributed by atoms with Crippen LogP contribution in [0.15, 0.2) is 12.1 Å². The molecule has 1 aliphatic heterocycles. The predicted octanol–water partition coefficient (Wildman–Crippen LogP) is 2.26. The minimum atomic E-state index is -0.917. The van der Waals surface area contributed by atoms with Crippen LogP contribution in [0.25, 0.3) is 0 Å². The van der Waals surface area contributed by atoms with Crippen LogP contribution >= 0.6 is 0 Å². The number of hydrogen-bond acceptors (Lipinski definition) is 4. The van der Waals surface area contributed by atoms with Crippen molar-refractivity contribution in [3.63, 3.8) is 0 Å². The Labute approximate surface area is 165 Å². The Morgan fingerprint density at radius 3 is 2.32 bits per heavy atom. The number of rotatable bonds is 7. The maximum absolute atomic E-state index is 12.8. The van der Waals surface area contributed by atoms with Gasteiger partial charge in [0.15, 0.2) is 0 Å². The maximum Gasteiger partial charge on any atom is 0.306 e. The Morgan fingerprint density at radius 2 is 1.79 bits per heavy atom. The third-order valence-corrected chi connectivity index (χ3v) is 5.62. The molecule has 2 unspecified atom stereocenters. The van der Waals surface area contributed by atoms with Crippen LogP contribution in [-0.2, 0) is 20.8 Å². The van der Waals surface area contributed by atoms with Crippen molar-refractivity contribution >= 4 is 17.8 Å². The molecule has 0 aliphatic carbocycles. The minimum absolute atomic E-state index is 0.0562. The number of aryl methyl sites for hydroxylation is 3. The molecular formula is C21H30N2O5. The van der Waals surface area contributed by atoms with E-state index in [1.807, 2.05) is 37.8 Å². The van der Waals surface area contributed by atoms with E-state index in [2.05, 4.69) is 5.32 Å². The first-order valence-electron chi connectivity index (χ1n) is 9.59. The number of carbonyl (C=O) groups is 3. The van der Waals surface area contributed by atoms with Crippen molar-refractivity contribution in [2.45, 2.75) is 59.0 Å². The molecule has 1 saturated heterocycles. The van der Waals surface area contributed by atoms with Gasteiger partial charge in [0, 0.05) is 13.1 Å². The zero-order valence-corrected chi connectivity index (χ0v) is 17.0. The molecule has 7 nitrogen and oxygen atoms in total. The summed E-state index contributed by atoms with van der Waals surface area (Å²) in [6, 6.07) is 4.08. The Hall–Kier alpha value is -2.41. The lowest BCUT2D eigenvalue weighted by Crippen LogP contribution is -2.63. The van der Waals surface area contributed by atoms with Crippen molar-refractivity contribution in [1.29, 1.82) is 0 Å². The van der Waals surface area contributed by atoms with E-state index in [4.69, 9.17) is 5.11 Å². The van der Waals surface area contributed by atoms with Gasteiger partial charge >= 0.3 is 11.9 Å². The fourth-order valence-electron chi connectivity index (χ4n) is 4.19. The van der Waals surface area contributed by atoms with Crippen LogP contribution in [0, 0.1) is 26.7 Å². The molecule has 7 heteroatoms. The Bertz CT molecular complexity index is 753. The topological polar surface area (TPSA) is 107 Å². The van der Waals surface area contributed by atoms with Crippen molar-refractivity contribution in [3.8, 4) is 0 Å². The highest BCUT2D eigenvalue weighted by molar-refractivity contribution is 5.80. The molecule has 3 N–H and O–H groups in total. The number of carboxylic acids is 2. The van der Waals surface area contributed by atoms with Gasteiger partial charge in [-0.05, 0) is 57.2 Å². The number of carbonyl (C=O) groups excluding carboxylic acids is 1. The zero-order valence-electron chi connectivity index (χ0n) is 17.0. The van der Waals surface area contributed by atoms with Crippen molar-refractivity contribution in [2.24, 2.45) is 5.92 Å². The van der Waals surface area contributed by atoms with Gasteiger partial charge in [-0.3, -0.25) is 19.3 Å². The summed E-state index contributed by atoms with van der Waals surface area (Å²) >= 11 is 0. The van der Waals surface area contributed by atoms with E-state index >= 15 is 0 Å². The normalized spacial score (nSPS) is 22.6. The third-order valence-electron chi connectivity index (χ3n) is 5.62. The van der Waals surface area contributed by atoms with E-state index in [0.717, 1.165) is 22.3 Å². The van der Waals surface area contributed by atoms with E-state index in [1.165, 1.54) is 0 Å². The summed E-state index contributed by atoms with van der Waals surface area (Å²) in [6.45, 7) is 8.45. The molecule has 2 rings (SSSR count). The monoisotopic (exact) mass is 390 g/mol. The van der Waals surface area contributed by atoms with Crippen molar-refractivity contribution in [2.75, 3.05) is 13.1 Å². The average molecular weight is 390 g/mol. The molecule has 1 aromatic carbocycles. The lowest BCUT2D eigenvalue weighted by Gasteiger charge is -2.47. The maximum atomic E-state index is 12.8. The SMILES string of the molecule is Cc1cc(C)c(CC(=O)NC2(C)CC(C(=O)O)CCN2CCC(=O)O)c(C)c1. The zero-order chi connectivity index (χ0) is 21.1. The summed E-state index contributed by atoms with van der Waals surface area (Å²) in [4.78, 5) is 37.2. The second-order valence-electron chi connectivity index (χ2n) is 8.03. The molecular weight excluding hydrogens is 360 g/mol. The number of amides is 1. The molecule has 2 atom stereocenters. The van der Waals surface area contributed by atoms with Gasteiger partial charge in [-0.2, -0.15) is 0 Å². The molecule has 1 aliphatic rings. The van der Waals surface area contributed by atoms with Crippen LogP contribution in [0.4, 0.5) is 0 Å². The summed E-state index contributed by atoms with van der Waals surface area (Å²) in [5.74, 6) is -2.55. The Kier molecular flexibility index (Phi) is 6.82. The molecule has 1 aromatic rings. The summed E-state index contributed by atoms with van der Waals surface area (Å²) in [6.07, 6.45) is 0.841. The largest absolute Gasteiger partial charge is 0.481 e. The van der Waals surface area contributed by atoms with Gasteiger partial charge in [0.05, 0.1) is 24.4 Å². The summed E-state index contributed by atoms with van der Waals surface area (Å²) in [5, 5.41) is 21.4. The van der Waals surface area contributed by atoms with Crippen molar-refractivity contribution < 1.29 is 24.6 Å². The minimum Gasteiger partial charge on any atom is -0.481 e. The summed E-state index contributed by atoms with van der Waals surface area (Å²) in [5.41, 5.74) is 3.32. The number of benzene rings is 1. The first-order chi connectivity index (χ1) is 13.0. The number of aliphatic carboxylic acids is 2. The van der Waals surface area contributed by atoms with Crippen LogP contribution in [0.5, 0.6) is 0 Å². The number of nitrogens with zero attached hydrogens (tertiary/aromatic N) is 1. The first-order valence-corrected chi connectivity index (χ1v) is 9.59. The van der Waals surface area contributed by atoms with Crippen LogP contribution < -0.4 is 5.32 Å². The number of carboxylic acid groups (broad SMARTS) is 2. The van der Waals surface area contributed by atoms with Crippen LogP contribution in [0.2, 0.25) is 0 Å². The van der Waals surface area contributed by atoms with Crippen molar-refractivity contribution in [1.82, 2.24) is 10.2 Å². The van der Waals surface area contributed by atoms with Crippen LogP contribution in [0.1, 0.15) is 48.4 Å². The fraction of sp³-hybridized carbons (Fsp3) is 0.571. The van der Waals surface area contributed by atoms with E-state index < -0.39 is 23.5 Å². The second-order valence-corrected chi connectivity index (χ2v) is 8.03. The average Bonchev–Trinajstić information content (AvgIpc) is 2.56. The summed E-state index contributed by atoms with van der Waals surface area (Å²) < 4.78 is 0. The number of hydrogen-bond donors (Lipinski definition) is 3. The molecule has 1 heterocycles. The Balaban J connectivity index is 2.18. The molecule has 28 heavy (non-hydrogen) atoms. The van der Waals surface area contributed by atoms with Crippen LogP contribution in [-0.4, -0.2) is 51.7 Å². The smallest absolute Gasteiger partial charge is 0.306 e. The Morgan fingerprint density at radius 1 is 1.18 bits per heavy atom. The standard InChI is InChI=1S/C21H30N2O5/c1-13-9-14(2)17(15(3)10-13)11-18(24)22-21(4)12-16(20(27)28)5-7-23(21)8-6-19(25)26/h9-10,16H,5-8,11-12H2,1-4H3,(H,22,24)(H,25,26)(H,27,28). The van der Waals surface area contributed by atoms with E-state index in [-0.39, 0.29) is 31.7 Å². The second kappa shape index (κ2) is 8.73. The molecule has 154 valence electrons. The van der Waals surface area contributed by atoms with Crippen molar-refractivity contribution in [3.05, 3.63) is 34.4 Å². The highest BCUT2D eigenvalue weighted by Gasteiger charge is 2.42. The van der Waals surface area contributed by atoms with Gasteiger partial charge in [0.2, 0.25) is 5.91 Å². The molecule has 1 amide bonds. The van der Waals surface area contributed by atoms with E-state index in [9.17, 15) is 19.5 Å². The van der Waals surface area contributed by atoms with Gasteiger partial charge < -0.3 is 15.5 Å². The molecule has 0 bridgehead atoms. The lowest BCUT2D eigenvalue weighted by atomic mass is 9.86. The molecule has 0 saturated carbocycles. The highest BCUT2D eigenvalue weighted by atomic mass is 16.4. The fourth-order valence-corrected chi connectivity index (χ4v) is 4.19. The van der Waals surface area contributed by atoms with E-state index in [0.29, 0.717) is 13.0 Å². The van der Waals surface area contributed by atoms with Gasteiger partial charge in [0.25, 0.3) is 0 Å². The lowest BCUT2D eigenvalue weighted by molar-refractivity contribution is -0.149. The van der Waals surface area contributed by atoms with Crippen LogP contribution in [0.3, 0.4) is 0 Å². The molecule has 0 aromatic heterocycles.